The zero-order chi connectivity index (χ0) is 11.4. The second-order valence-electron chi connectivity index (χ2n) is 3.55. The van der Waals surface area contributed by atoms with Crippen LogP contribution in [-0.4, -0.2) is 6.21 Å². The molecule has 80 valence electrons. The molecule has 0 atom stereocenters. The van der Waals surface area contributed by atoms with Crippen LogP contribution in [0.25, 0.3) is 0 Å². The molecule has 1 aromatic carbocycles. The summed E-state index contributed by atoms with van der Waals surface area (Å²) in [6, 6.07) is 10.4. The van der Waals surface area contributed by atoms with Gasteiger partial charge in [-0.2, -0.15) is 0 Å². The highest BCUT2D eigenvalue weighted by atomic mass is 16.3. The number of hydrogen-bond acceptors (Lipinski definition) is 2. The molecular formula is C13H12N2O. The maximum Gasteiger partial charge on any atom is 0.177 e. The van der Waals surface area contributed by atoms with Crippen molar-refractivity contribution < 1.29 is 9.67 Å². The van der Waals surface area contributed by atoms with Crippen LogP contribution in [0.5, 0.6) is 5.75 Å². The third kappa shape index (κ3) is 2.67. The fourth-order valence-corrected chi connectivity index (χ4v) is 1.37. The van der Waals surface area contributed by atoms with Crippen molar-refractivity contribution in [3.63, 3.8) is 0 Å². The molecule has 0 bridgehead atoms. The maximum atomic E-state index is 10.9. The van der Waals surface area contributed by atoms with Gasteiger partial charge >= 0.3 is 0 Å². The van der Waals surface area contributed by atoms with E-state index in [4.69, 9.17) is 0 Å². The molecule has 0 N–H and O–H groups in total. The molecule has 1 aromatic heterocycles. The van der Waals surface area contributed by atoms with Crippen LogP contribution in [0.15, 0.2) is 53.8 Å². The van der Waals surface area contributed by atoms with E-state index in [9.17, 15) is 5.11 Å². The Morgan fingerprint density at radius 2 is 1.94 bits per heavy atom. The molecule has 0 amide bonds. The highest BCUT2D eigenvalue weighted by Gasteiger charge is 1.93. The number of aromatic nitrogens is 1. The van der Waals surface area contributed by atoms with Crippen molar-refractivity contribution in [3.8, 4) is 5.75 Å². The molecule has 0 aliphatic heterocycles. The van der Waals surface area contributed by atoms with Crippen molar-refractivity contribution in [1.29, 1.82) is 0 Å². The molecule has 0 aliphatic carbocycles. The van der Waals surface area contributed by atoms with Gasteiger partial charge < -0.3 is 5.11 Å². The number of rotatable bonds is 2. The van der Waals surface area contributed by atoms with Gasteiger partial charge in [0.15, 0.2) is 12.4 Å². The van der Waals surface area contributed by atoms with E-state index in [1.165, 1.54) is 12.1 Å². The summed E-state index contributed by atoms with van der Waals surface area (Å²) in [5.74, 6) is 0.00469. The quantitative estimate of drug-likeness (QED) is 0.547. The van der Waals surface area contributed by atoms with Gasteiger partial charge in [-0.05, 0) is 18.2 Å². The highest BCUT2D eigenvalue weighted by molar-refractivity contribution is 5.81. The summed E-state index contributed by atoms with van der Waals surface area (Å²) in [4.78, 5) is 4.28. The molecule has 3 heteroatoms. The van der Waals surface area contributed by atoms with Crippen molar-refractivity contribution in [2.24, 2.45) is 12.0 Å². The van der Waals surface area contributed by atoms with Crippen LogP contribution in [0, 0.1) is 0 Å². The number of pyridine rings is 1. The van der Waals surface area contributed by atoms with Gasteiger partial charge in [0.25, 0.3) is 0 Å². The molecule has 2 rings (SSSR count). The minimum atomic E-state index is 0.00469. The third-order valence-electron chi connectivity index (χ3n) is 2.16. The second kappa shape index (κ2) is 4.57. The summed E-state index contributed by atoms with van der Waals surface area (Å²) in [5.41, 5.74) is 1.81. The molecule has 0 spiro atoms. The zero-order valence-corrected chi connectivity index (χ0v) is 9.00. The normalized spacial score (nSPS) is 10.8. The Labute approximate surface area is 94.3 Å². The molecule has 1 heterocycles. The maximum absolute atomic E-state index is 10.9. The summed E-state index contributed by atoms with van der Waals surface area (Å²) in [7, 11) is 1.96. The Bertz CT molecular complexity index is 504. The van der Waals surface area contributed by atoms with Crippen LogP contribution in [0.2, 0.25) is 0 Å². The number of hydrogen-bond donors (Lipinski definition) is 0. The predicted molar refractivity (Wildman–Crippen MR) is 60.8 cm³/mol. The van der Waals surface area contributed by atoms with Gasteiger partial charge in [-0.3, -0.25) is 4.99 Å². The van der Waals surface area contributed by atoms with Crippen molar-refractivity contribution in [3.05, 3.63) is 54.4 Å². The fraction of sp³-hybridized carbons (Fsp3) is 0.0769. The first-order valence-electron chi connectivity index (χ1n) is 5.00. The standard InChI is InChI=1S/C13H12N2O/c1-15-8-2-3-11(10-15)9-14-12-4-6-13(16)7-5-12/h2-10H,1H3. The Morgan fingerprint density at radius 3 is 2.62 bits per heavy atom. The highest BCUT2D eigenvalue weighted by Crippen LogP contribution is 2.14. The molecule has 0 unspecified atom stereocenters. The number of aryl methyl sites for hydroxylation is 1. The van der Waals surface area contributed by atoms with E-state index in [-0.39, 0.29) is 5.75 Å². The first kappa shape index (κ1) is 10.4. The lowest BCUT2D eigenvalue weighted by Gasteiger charge is -2.02. The Kier molecular flexibility index (Phi) is 2.96. The molecule has 2 aromatic rings. The van der Waals surface area contributed by atoms with E-state index in [0.29, 0.717) is 0 Å². The molecule has 3 nitrogen and oxygen atoms in total. The van der Waals surface area contributed by atoms with Gasteiger partial charge in [0.05, 0.1) is 11.3 Å². The minimum Gasteiger partial charge on any atom is -0.872 e. The third-order valence-corrected chi connectivity index (χ3v) is 2.16. The van der Waals surface area contributed by atoms with E-state index >= 15 is 0 Å². The number of aliphatic imine (C=N–C) groups is 1. The molecule has 0 aliphatic rings. The molecule has 0 saturated heterocycles. The average Bonchev–Trinajstić information content (AvgIpc) is 2.28. The van der Waals surface area contributed by atoms with Gasteiger partial charge in [-0.15, -0.1) is 5.75 Å². The van der Waals surface area contributed by atoms with Gasteiger partial charge in [-0.25, -0.2) is 4.57 Å². The summed E-state index contributed by atoms with van der Waals surface area (Å²) in [6.07, 6.45) is 5.72. The van der Waals surface area contributed by atoms with Crippen molar-refractivity contribution in [2.75, 3.05) is 0 Å². The SMILES string of the molecule is C[n+]1cccc(C=Nc2ccc([O-])cc2)c1. The minimum absolute atomic E-state index is 0.00469. The van der Waals surface area contributed by atoms with Gasteiger partial charge in [0, 0.05) is 12.3 Å². The second-order valence-corrected chi connectivity index (χ2v) is 3.55. The lowest BCUT2D eigenvalue weighted by Crippen LogP contribution is -2.26. The van der Waals surface area contributed by atoms with E-state index in [0.717, 1.165) is 11.3 Å². The summed E-state index contributed by atoms with van der Waals surface area (Å²) < 4.78 is 1.96. The van der Waals surface area contributed by atoms with E-state index in [1.54, 1.807) is 18.3 Å². The van der Waals surface area contributed by atoms with Gasteiger partial charge in [0.2, 0.25) is 0 Å². The van der Waals surface area contributed by atoms with Crippen molar-refractivity contribution in [2.45, 2.75) is 0 Å². The Morgan fingerprint density at radius 1 is 1.19 bits per heavy atom. The van der Waals surface area contributed by atoms with Crippen LogP contribution in [0.4, 0.5) is 5.69 Å². The summed E-state index contributed by atoms with van der Waals surface area (Å²) in [6.45, 7) is 0. The summed E-state index contributed by atoms with van der Waals surface area (Å²) >= 11 is 0. The number of benzene rings is 1. The molecular weight excluding hydrogens is 200 g/mol. The van der Waals surface area contributed by atoms with Crippen LogP contribution >= 0.6 is 0 Å². The first-order chi connectivity index (χ1) is 7.74. The van der Waals surface area contributed by atoms with Gasteiger partial charge in [-0.1, -0.05) is 12.1 Å². The number of nitrogens with zero attached hydrogens (tertiary/aromatic N) is 2. The lowest BCUT2D eigenvalue weighted by molar-refractivity contribution is -0.671. The van der Waals surface area contributed by atoms with E-state index in [2.05, 4.69) is 4.99 Å². The van der Waals surface area contributed by atoms with Crippen LogP contribution in [0.3, 0.4) is 0 Å². The smallest absolute Gasteiger partial charge is 0.177 e. The molecule has 0 radical (unpaired) electrons. The van der Waals surface area contributed by atoms with Crippen molar-refractivity contribution in [1.82, 2.24) is 0 Å². The van der Waals surface area contributed by atoms with Crippen LogP contribution < -0.4 is 9.67 Å². The largest absolute Gasteiger partial charge is 0.872 e. The summed E-state index contributed by atoms with van der Waals surface area (Å²) in [5, 5.41) is 10.9. The predicted octanol–water partition coefficient (Wildman–Crippen LogP) is 1.34. The average molecular weight is 212 g/mol. The monoisotopic (exact) mass is 212 g/mol. The van der Waals surface area contributed by atoms with Gasteiger partial charge in [0.1, 0.15) is 7.05 Å². The lowest BCUT2D eigenvalue weighted by atomic mass is 10.3. The first-order valence-corrected chi connectivity index (χ1v) is 5.00. The molecule has 0 fully saturated rings. The van der Waals surface area contributed by atoms with Crippen LogP contribution in [-0.2, 0) is 7.05 Å². The molecule has 0 saturated carbocycles. The fourth-order valence-electron chi connectivity index (χ4n) is 1.37. The van der Waals surface area contributed by atoms with Crippen molar-refractivity contribution >= 4 is 11.9 Å². The Hall–Kier alpha value is -2.16. The van der Waals surface area contributed by atoms with E-state index < -0.39 is 0 Å². The van der Waals surface area contributed by atoms with Crippen LogP contribution in [0.1, 0.15) is 5.56 Å². The topological polar surface area (TPSA) is 39.3 Å². The zero-order valence-electron chi connectivity index (χ0n) is 9.00. The van der Waals surface area contributed by atoms with E-state index in [1.807, 2.05) is 36.1 Å². The Balaban J connectivity index is 2.18. The molecule has 16 heavy (non-hydrogen) atoms.